The first-order valence-electron chi connectivity index (χ1n) is 5.44. The first-order valence-corrected chi connectivity index (χ1v) is 5.44. The van der Waals surface area contributed by atoms with Crippen molar-refractivity contribution in [3.63, 3.8) is 0 Å². The van der Waals surface area contributed by atoms with E-state index < -0.39 is 50.1 Å². The minimum absolute atomic E-state index is 0. The molecule has 0 heterocycles. The standard InChI is InChI=1S/C10H16N2O8.4Fe/c13-7(14)3-11(4-8(15)16)1-2-12(5-9(17)18)6-10(19)20;;;;/h1-6H2,(H,13,14)(H,15,16)(H,17,18)(H,19,20);;;;/q;4*+2/p-4. The van der Waals surface area contributed by atoms with Gasteiger partial charge in [-0.1, -0.05) is 0 Å². The third-order valence-electron chi connectivity index (χ3n) is 2.14. The number of aliphatic carboxylic acids is 4. The van der Waals surface area contributed by atoms with E-state index in [9.17, 15) is 39.6 Å². The van der Waals surface area contributed by atoms with Crippen LogP contribution in [0.3, 0.4) is 0 Å². The zero-order valence-corrected chi connectivity index (χ0v) is 16.2. The van der Waals surface area contributed by atoms with Gasteiger partial charge in [0.15, 0.2) is 0 Å². The van der Waals surface area contributed by atoms with Crippen LogP contribution in [0, 0.1) is 0 Å². The van der Waals surface area contributed by atoms with Gasteiger partial charge in [0, 0.05) is 39.3 Å². The van der Waals surface area contributed by atoms with E-state index in [0.29, 0.717) is 0 Å². The second-order valence-electron chi connectivity index (χ2n) is 3.91. The van der Waals surface area contributed by atoms with E-state index in [2.05, 4.69) is 0 Å². The number of carboxylic acid groups (broad SMARTS) is 4. The fourth-order valence-corrected chi connectivity index (χ4v) is 1.44. The zero-order chi connectivity index (χ0) is 15.7. The summed E-state index contributed by atoms with van der Waals surface area (Å²) in [4.78, 5) is 43.4. The molecule has 0 fully saturated rings. The average Bonchev–Trinajstić information content (AvgIpc) is 2.22. The quantitative estimate of drug-likeness (QED) is 0.243. The van der Waals surface area contributed by atoms with Crippen molar-refractivity contribution >= 4 is 23.9 Å². The smallest absolute Gasteiger partial charge is 0.549 e. The van der Waals surface area contributed by atoms with Crippen molar-refractivity contribution in [1.82, 2.24) is 9.80 Å². The predicted octanol–water partition coefficient (Wildman–Crippen LogP) is -7.42. The molecule has 0 aliphatic heterocycles. The molecule has 0 radical (unpaired) electrons. The Morgan fingerprint density at radius 1 is 0.500 bits per heavy atom. The van der Waals surface area contributed by atoms with E-state index in [4.69, 9.17) is 0 Å². The molecule has 0 saturated carbocycles. The Morgan fingerprint density at radius 2 is 0.667 bits per heavy atom. The molecule has 0 aliphatic rings. The third kappa shape index (κ3) is 21.9. The second kappa shape index (κ2) is 19.2. The van der Waals surface area contributed by atoms with Gasteiger partial charge in [-0.2, -0.15) is 0 Å². The summed E-state index contributed by atoms with van der Waals surface area (Å²) in [6, 6.07) is 0. The van der Waals surface area contributed by atoms with Crippen molar-refractivity contribution in [2.24, 2.45) is 0 Å². The summed E-state index contributed by atoms with van der Waals surface area (Å²) in [6.45, 7) is -3.25. The van der Waals surface area contributed by atoms with Crippen LogP contribution in [0.1, 0.15) is 0 Å². The number of hydrogen-bond donors (Lipinski definition) is 0. The molecule has 10 nitrogen and oxygen atoms in total. The van der Waals surface area contributed by atoms with Crippen molar-refractivity contribution in [1.29, 1.82) is 0 Å². The molecule has 24 heavy (non-hydrogen) atoms. The Morgan fingerprint density at radius 3 is 0.792 bits per heavy atom. The summed E-state index contributed by atoms with van der Waals surface area (Å²) in [6.07, 6.45) is 0. The van der Waals surface area contributed by atoms with Crippen LogP contribution in [0.25, 0.3) is 0 Å². The Kier molecular flexibility index (Phi) is 28.1. The van der Waals surface area contributed by atoms with E-state index in [1.807, 2.05) is 0 Å². The maximum absolute atomic E-state index is 10.4. The molecule has 0 rings (SSSR count). The summed E-state index contributed by atoms with van der Waals surface area (Å²) in [5.41, 5.74) is 0. The van der Waals surface area contributed by atoms with E-state index >= 15 is 0 Å². The summed E-state index contributed by atoms with van der Waals surface area (Å²) >= 11 is 0. The molecular weight excluding hydrogens is 499 g/mol. The molecule has 0 bridgehead atoms. The van der Waals surface area contributed by atoms with Crippen LogP contribution in [-0.4, -0.2) is 72.9 Å². The van der Waals surface area contributed by atoms with Gasteiger partial charge in [-0.25, -0.2) is 0 Å². The molecule has 0 aromatic rings. The van der Waals surface area contributed by atoms with Crippen molar-refractivity contribution < 1.29 is 108 Å². The van der Waals surface area contributed by atoms with Crippen molar-refractivity contribution in [2.45, 2.75) is 0 Å². The molecule has 0 N–H and O–H groups in total. The van der Waals surface area contributed by atoms with Gasteiger partial charge in [-0.05, 0) is 0 Å². The normalized spacial score (nSPS) is 8.92. The van der Waals surface area contributed by atoms with Crippen LogP contribution in [-0.2, 0) is 87.5 Å². The first kappa shape index (κ1) is 35.1. The fourth-order valence-electron chi connectivity index (χ4n) is 1.44. The fraction of sp³-hybridized carbons (Fsp3) is 0.600. The average molecular weight is 512 g/mol. The van der Waals surface area contributed by atoms with Crippen LogP contribution in [0.15, 0.2) is 0 Å². The Bertz CT molecular complexity index is 331. The molecule has 0 aromatic heterocycles. The van der Waals surface area contributed by atoms with Gasteiger partial charge in [-0.3, -0.25) is 9.80 Å². The maximum atomic E-state index is 10.4. The third-order valence-corrected chi connectivity index (χ3v) is 2.14. The SMILES string of the molecule is O=C([O-])CN(CCN(CC(=O)[O-])CC(=O)[O-])CC(=O)[O-].[Fe+2].[Fe+2].[Fe+2].[Fe+2]. The number of hydrogen-bond acceptors (Lipinski definition) is 10. The van der Waals surface area contributed by atoms with Crippen molar-refractivity contribution in [3.05, 3.63) is 0 Å². The van der Waals surface area contributed by atoms with Crippen LogP contribution in [0.2, 0.25) is 0 Å². The molecule has 14 heteroatoms. The minimum atomic E-state index is -1.53. The molecule has 0 unspecified atom stereocenters. The summed E-state index contributed by atoms with van der Waals surface area (Å²) in [5, 5.41) is 41.6. The topological polar surface area (TPSA) is 167 Å². The first-order chi connectivity index (χ1) is 9.20. The van der Waals surface area contributed by atoms with Gasteiger partial charge >= 0.3 is 68.3 Å². The number of carboxylic acids is 4. The van der Waals surface area contributed by atoms with Gasteiger partial charge in [0.05, 0.1) is 23.9 Å². The summed E-state index contributed by atoms with van der Waals surface area (Å²) in [5.74, 6) is -6.12. The van der Waals surface area contributed by atoms with Gasteiger partial charge in [0.25, 0.3) is 0 Å². The van der Waals surface area contributed by atoms with E-state index in [1.165, 1.54) is 0 Å². The predicted molar refractivity (Wildman–Crippen MR) is 52.9 cm³/mol. The molecule has 0 amide bonds. The van der Waals surface area contributed by atoms with Crippen LogP contribution in [0.5, 0.6) is 0 Å². The van der Waals surface area contributed by atoms with Crippen molar-refractivity contribution in [3.8, 4) is 0 Å². The van der Waals surface area contributed by atoms with Crippen LogP contribution < -0.4 is 20.4 Å². The second-order valence-corrected chi connectivity index (χ2v) is 3.91. The monoisotopic (exact) mass is 512 g/mol. The Hall–Kier alpha value is -0.122. The molecule has 0 aliphatic carbocycles. The number of carbonyl (C=O) groups is 4. The number of rotatable bonds is 11. The van der Waals surface area contributed by atoms with Crippen LogP contribution >= 0.6 is 0 Å². The Labute approximate surface area is 180 Å². The van der Waals surface area contributed by atoms with Gasteiger partial charge in [-0.15, -0.1) is 0 Å². The summed E-state index contributed by atoms with van der Waals surface area (Å²) in [7, 11) is 0. The Balaban J connectivity index is -0.000000301. The molecule has 0 saturated heterocycles. The van der Waals surface area contributed by atoms with E-state index in [-0.39, 0.29) is 81.4 Å². The zero-order valence-electron chi connectivity index (χ0n) is 11.8. The number of carbonyl (C=O) groups excluding carboxylic acids is 4. The largest absolute Gasteiger partial charge is 2.00 e. The number of nitrogens with zero attached hydrogens (tertiary/aromatic N) is 2. The van der Waals surface area contributed by atoms with Crippen molar-refractivity contribution in [2.75, 3.05) is 39.3 Å². The van der Waals surface area contributed by atoms with Gasteiger partial charge < -0.3 is 39.6 Å². The molecule has 0 atom stereocenters. The molecule has 0 spiro atoms. The minimum Gasteiger partial charge on any atom is -0.549 e. The maximum Gasteiger partial charge on any atom is 2.00 e. The molecular formula is C10H12Fe4N2O8+4. The molecule has 0 aromatic carbocycles. The van der Waals surface area contributed by atoms with E-state index in [0.717, 1.165) is 9.80 Å². The van der Waals surface area contributed by atoms with Gasteiger partial charge in [0.2, 0.25) is 0 Å². The van der Waals surface area contributed by atoms with Crippen LogP contribution in [0.4, 0.5) is 0 Å². The molecule has 138 valence electrons. The summed E-state index contributed by atoms with van der Waals surface area (Å²) < 4.78 is 0. The van der Waals surface area contributed by atoms with Gasteiger partial charge in [0.1, 0.15) is 0 Å². The van der Waals surface area contributed by atoms with E-state index in [1.54, 1.807) is 0 Å².